The summed E-state index contributed by atoms with van der Waals surface area (Å²) in [6.45, 7) is 6.13. The van der Waals surface area contributed by atoms with Crippen LogP contribution in [0.4, 0.5) is 9.59 Å². The van der Waals surface area contributed by atoms with E-state index in [9.17, 15) is 9.59 Å². The summed E-state index contributed by atoms with van der Waals surface area (Å²) in [6, 6.07) is 9.99. The van der Waals surface area contributed by atoms with Crippen LogP contribution in [0.25, 0.3) is 0 Å². The van der Waals surface area contributed by atoms with E-state index >= 15 is 0 Å². The van der Waals surface area contributed by atoms with Crippen LogP contribution in [0.3, 0.4) is 0 Å². The van der Waals surface area contributed by atoms with Gasteiger partial charge in [0.25, 0.3) is 0 Å². The third kappa shape index (κ3) is 4.44. The van der Waals surface area contributed by atoms with E-state index in [1.165, 1.54) is 0 Å². The highest BCUT2D eigenvalue weighted by atomic mass is 16.6. The lowest BCUT2D eigenvalue weighted by atomic mass is 9.60. The molecule has 0 heterocycles. The van der Waals surface area contributed by atoms with Gasteiger partial charge in [0.15, 0.2) is 0 Å². The molecule has 1 aliphatic carbocycles. The topological polar surface area (TPSA) is 105 Å². The summed E-state index contributed by atoms with van der Waals surface area (Å²) in [5, 5.41) is 0. The Balaban J connectivity index is 2.36. The maximum atomic E-state index is 11.7. The van der Waals surface area contributed by atoms with Crippen LogP contribution in [0.1, 0.15) is 45.6 Å². The first-order valence-corrected chi connectivity index (χ1v) is 8.62. The van der Waals surface area contributed by atoms with Gasteiger partial charge >= 0.3 is 12.2 Å². The van der Waals surface area contributed by atoms with Gasteiger partial charge in [-0.25, -0.2) is 9.59 Å². The van der Waals surface area contributed by atoms with Crippen LogP contribution < -0.4 is 11.5 Å². The summed E-state index contributed by atoms with van der Waals surface area (Å²) < 4.78 is 11.0. The largest absolute Gasteiger partial charge is 0.446 e. The first-order chi connectivity index (χ1) is 11.6. The number of primary amides is 2. The van der Waals surface area contributed by atoms with Crippen LogP contribution in [0, 0.1) is 11.3 Å². The van der Waals surface area contributed by atoms with E-state index < -0.39 is 17.8 Å². The summed E-state index contributed by atoms with van der Waals surface area (Å²) in [5.41, 5.74) is 10.7. The van der Waals surface area contributed by atoms with Crippen molar-refractivity contribution in [3.05, 3.63) is 35.9 Å². The average molecular weight is 348 g/mol. The minimum absolute atomic E-state index is 0.0412. The van der Waals surface area contributed by atoms with Crippen molar-refractivity contribution in [3.8, 4) is 0 Å². The van der Waals surface area contributed by atoms with Crippen LogP contribution in [-0.4, -0.2) is 23.9 Å². The Morgan fingerprint density at radius 1 is 1.16 bits per heavy atom. The van der Waals surface area contributed by atoms with Crippen LogP contribution in [0.5, 0.6) is 0 Å². The van der Waals surface area contributed by atoms with Gasteiger partial charge in [-0.3, -0.25) is 0 Å². The Labute approximate surface area is 148 Å². The Morgan fingerprint density at radius 2 is 1.80 bits per heavy atom. The lowest BCUT2D eigenvalue weighted by Gasteiger charge is -2.52. The fourth-order valence-electron chi connectivity index (χ4n) is 4.08. The fourth-order valence-corrected chi connectivity index (χ4v) is 4.08. The van der Waals surface area contributed by atoms with Gasteiger partial charge < -0.3 is 20.9 Å². The Morgan fingerprint density at radius 3 is 2.32 bits per heavy atom. The van der Waals surface area contributed by atoms with Crippen molar-refractivity contribution in [2.45, 2.75) is 58.2 Å². The van der Waals surface area contributed by atoms with E-state index in [4.69, 9.17) is 20.9 Å². The molecule has 2 amide bonds. The van der Waals surface area contributed by atoms with E-state index in [0.29, 0.717) is 25.7 Å². The number of hydrogen-bond acceptors (Lipinski definition) is 4. The number of carbonyl (C=O) groups is 2. The number of carbonyl (C=O) groups excluding carboxylic acids is 2. The minimum Gasteiger partial charge on any atom is -0.446 e. The first-order valence-electron chi connectivity index (χ1n) is 8.62. The van der Waals surface area contributed by atoms with Crippen molar-refractivity contribution in [1.29, 1.82) is 0 Å². The second kappa shape index (κ2) is 7.33. The monoisotopic (exact) mass is 348 g/mol. The molecule has 6 heteroatoms. The van der Waals surface area contributed by atoms with Gasteiger partial charge in [0.2, 0.25) is 0 Å². The van der Waals surface area contributed by atoms with Gasteiger partial charge in [-0.2, -0.15) is 0 Å². The summed E-state index contributed by atoms with van der Waals surface area (Å²) in [6.07, 6.45) is 0.586. The molecular formula is C19H28N2O4. The van der Waals surface area contributed by atoms with E-state index in [1.807, 2.05) is 51.1 Å². The molecule has 0 bridgehead atoms. The second-order valence-corrected chi connectivity index (χ2v) is 7.78. The quantitative estimate of drug-likeness (QED) is 0.870. The van der Waals surface area contributed by atoms with Gasteiger partial charge in [-0.15, -0.1) is 0 Å². The molecule has 1 saturated carbocycles. The Bertz CT molecular complexity index is 612. The highest BCUT2D eigenvalue weighted by Gasteiger charge is 2.54. The molecule has 1 unspecified atom stereocenters. The highest BCUT2D eigenvalue weighted by Crippen LogP contribution is 2.50. The lowest BCUT2D eigenvalue weighted by Crippen LogP contribution is -2.57. The standard InChI is InChI=1S/C19H28N2O4/c1-18(2,3)19(25-17(21)23)10-9-15(24-16(20)22)12-14(19)11-13-7-5-4-6-8-13/h4-8,14-15H,9-12H2,1-3H3,(H2,20,22)(H2,21,23)/t14-,15?,19-/m1/s1. The fraction of sp³-hybridized carbons (Fsp3) is 0.579. The van der Waals surface area contributed by atoms with Crippen LogP contribution in [0.15, 0.2) is 30.3 Å². The molecule has 0 radical (unpaired) electrons. The summed E-state index contributed by atoms with van der Waals surface area (Å²) in [5.74, 6) is -0.0412. The van der Waals surface area contributed by atoms with E-state index in [1.54, 1.807) is 0 Å². The number of benzene rings is 1. The summed E-state index contributed by atoms with van der Waals surface area (Å²) in [7, 11) is 0. The van der Waals surface area contributed by atoms with E-state index in [2.05, 4.69) is 0 Å². The number of hydrogen-bond donors (Lipinski definition) is 2. The SMILES string of the molecule is CC(C)(C)[C@@]1(OC(N)=O)CCC(OC(N)=O)C[C@H]1Cc1ccccc1. The molecule has 138 valence electrons. The van der Waals surface area contributed by atoms with Gasteiger partial charge in [-0.05, 0) is 31.2 Å². The molecule has 6 nitrogen and oxygen atoms in total. The number of rotatable bonds is 4. The molecule has 3 atom stereocenters. The van der Waals surface area contributed by atoms with Crippen molar-refractivity contribution >= 4 is 12.2 Å². The molecule has 1 fully saturated rings. The molecule has 0 saturated heterocycles. The Kier molecular flexibility index (Phi) is 5.60. The van der Waals surface area contributed by atoms with Crippen molar-refractivity contribution in [1.82, 2.24) is 0 Å². The third-order valence-electron chi connectivity index (χ3n) is 5.20. The maximum Gasteiger partial charge on any atom is 0.405 e. The zero-order valence-electron chi connectivity index (χ0n) is 15.2. The summed E-state index contributed by atoms with van der Waals surface area (Å²) >= 11 is 0. The summed E-state index contributed by atoms with van der Waals surface area (Å²) in [4.78, 5) is 22.8. The molecule has 1 aromatic rings. The molecule has 1 aliphatic rings. The zero-order chi connectivity index (χ0) is 18.7. The predicted molar refractivity (Wildman–Crippen MR) is 94.8 cm³/mol. The number of amides is 2. The lowest BCUT2D eigenvalue weighted by molar-refractivity contribution is -0.146. The van der Waals surface area contributed by atoms with Crippen LogP contribution >= 0.6 is 0 Å². The van der Waals surface area contributed by atoms with Gasteiger partial charge in [0, 0.05) is 11.3 Å². The van der Waals surface area contributed by atoms with Crippen molar-refractivity contribution < 1.29 is 19.1 Å². The minimum atomic E-state index is -0.776. The average Bonchev–Trinajstić information content (AvgIpc) is 2.49. The van der Waals surface area contributed by atoms with Crippen molar-refractivity contribution in [3.63, 3.8) is 0 Å². The van der Waals surface area contributed by atoms with E-state index in [0.717, 1.165) is 5.56 Å². The molecule has 2 rings (SSSR count). The first kappa shape index (κ1) is 19.1. The second-order valence-electron chi connectivity index (χ2n) is 7.78. The van der Waals surface area contributed by atoms with Gasteiger partial charge in [0.1, 0.15) is 11.7 Å². The molecule has 0 aliphatic heterocycles. The highest BCUT2D eigenvalue weighted by molar-refractivity contribution is 5.66. The van der Waals surface area contributed by atoms with Crippen LogP contribution in [0.2, 0.25) is 0 Å². The van der Waals surface area contributed by atoms with Crippen molar-refractivity contribution in [2.24, 2.45) is 22.8 Å². The molecule has 4 N–H and O–H groups in total. The zero-order valence-corrected chi connectivity index (χ0v) is 15.2. The molecular weight excluding hydrogens is 320 g/mol. The van der Waals surface area contributed by atoms with Gasteiger partial charge in [-0.1, -0.05) is 51.1 Å². The molecule has 25 heavy (non-hydrogen) atoms. The molecule has 0 spiro atoms. The Hall–Kier alpha value is -2.24. The number of ether oxygens (including phenoxy) is 2. The van der Waals surface area contributed by atoms with Gasteiger partial charge in [0.05, 0.1) is 0 Å². The number of nitrogens with two attached hydrogens (primary N) is 2. The van der Waals surface area contributed by atoms with E-state index in [-0.39, 0.29) is 17.4 Å². The molecule has 0 aromatic heterocycles. The molecule has 1 aromatic carbocycles. The van der Waals surface area contributed by atoms with Crippen LogP contribution in [-0.2, 0) is 15.9 Å². The third-order valence-corrected chi connectivity index (χ3v) is 5.20. The maximum absolute atomic E-state index is 11.7. The normalized spacial score (nSPS) is 26.7. The smallest absolute Gasteiger partial charge is 0.405 e. The van der Waals surface area contributed by atoms with Crippen molar-refractivity contribution in [2.75, 3.05) is 0 Å². The predicted octanol–water partition coefficient (Wildman–Crippen LogP) is 3.37.